The van der Waals surface area contributed by atoms with Crippen molar-refractivity contribution in [1.29, 1.82) is 0 Å². The number of hydrogen-bond donors (Lipinski definition) is 1. The van der Waals surface area contributed by atoms with Crippen LogP contribution >= 0.6 is 0 Å². The quantitative estimate of drug-likeness (QED) is 0.763. The van der Waals surface area contributed by atoms with Crippen molar-refractivity contribution in [3.63, 3.8) is 0 Å². The number of esters is 1. The van der Waals surface area contributed by atoms with Gasteiger partial charge in [-0.05, 0) is 37.0 Å². The number of aliphatic hydroxyl groups excluding tert-OH is 1. The number of carbonyl (C=O) groups is 1. The molecule has 1 aromatic rings. The van der Waals surface area contributed by atoms with Gasteiger partial charge in [0.1, 0.15) is 0 Å². The topological polar surface area (TPSA) is 56.2 Å². The molecular weight excluding hydrogens is 378 g/mol. The summed E-state index contributed by atoms with van der Waals surface area (Å²) < 4.78 is 4.89. The number of nitrogens with zero attached hydrogens (tertiary/aromatic N) is 3. The first-order valence-corrected chi connectivity index (χ1v) is 11.6. The Hall–Kier alpha value is -1.47. The van der Waals surface area contributed by atoms with Crippen molar-refractivity contribution in [2.75, 3.05) is 39.8 Å². The third-order valence-electron chi connectivity index (χ3n) is 7.83. The summed E-state index contributed by atoms with van der Waals surface area (Å²) >= 11 is 0. The molecule has 1 aliphatic carbocycles. The van der Waals surface area contributed by atoms with E-state index in [0.29, 0.717) is 11.6 Å². The molecular formula is C24H35N3O3. The molecule has 0 radical (unpaired) electrons. The molecule has 0 aromatic heterocycles. The fourth-order valence-corrected chi connectivity index (χ4v) is 6.50. The number of rotatable bonds is 4. The summed E-state index contributed by atoms with van der Waals surface area (Å²) in [5.74, 6) is -0.279. The summed E-state index contributed by atoms with van der Waals surface area (Å²) in [5, 5.41) is 10.4. The van der Waals surface area contributed by atoms with Gasteiger partial charge in [0.15, 0.2) is 0 Å². The molecule has 1 N–H and O–H groups in total. The van der Waals surface area contributed by atoms with Crippen molar-refractivity contribution in [3.05, 3.63) is 35.4 Å². The summed E-state index contributed by atoms with van der Waals surface area (Å²) in [6.45, 7) is 5.98. The van der Waals surface area contributed by atoms with Gasteiger partial charge in [0, 0.05) is 51.4 Å². The Morgan fingerprint density at radius 3 is 2.70 bits per heavy atom. The third kappa shape index (κ3) is 3.79. The van der Waals surface area contributed by atoms with E-state index < -0.39 is 0 Å². The molecule has 3 saturated heterocycles. The molecule has 30 heavy (non-hydrogen) atoms. The monoisotopic (exact) mass is 413 g/mol. The molecule has 1 saturated carbocycles. The van der Waals surface area contributed by atoms with E-state index in [0.717, 1.165) is 57.3 Å². The summed E-state index contributed by atoms with van der Waals surface area (Å²) in [5.41, 5.74) is 1.95. The predicted molar refractivity (Wildman–Crippen MR) is 115 cm³/mol. The van der Waals surface area contributed by atoms with Gasteiger partial charge in [0.05, 0.1) is 24.3 Å². The fraction of sp³-hybridized carbons (Fsp3) is 0.708. The zero-order valence-corrected chi connectivity index (χ0v) is 18.1. The van der Waals surface area contributed by atoms with Gasteiger partial charge >= 0.3 is 5.97 Å². The Bertz CT molecular complexity index is 773. The average Bonchev–Trinajstić information content (AvgIpc) is 3.12. The molecule has 1 aromatic carbocycles. The molecule has 2 unspecified atom stereocenters. The predicted octanol–water partition coefficient (Wildman–Crippen LogP) is 2.11. The van der Waals surface area contributed by atoms with Gasteiger partial charge in [-0.2, -0.15) is 0 Å². The van der Waals surface area contributed by atoms with E-state index in [2.05, 4.69) is 20.8 Å². The van der Waals surface area contributed by atoms with Crippen LogP contribution in [0.5, 0.6) is 0 Å². The van der Waals surface area contributed by atoms with Gasteiger partial charge in [0.25, 0.3) is 0 Å². The molecule has 1 spiro atoms. The van der Waals surface area contributed by atoms with Crippen LogP contribution in [0, 0.1) is 0 Å². The molecule has 3 aliphatic heterocycles. The molecule has 4 fully saturated rings. The highest BCUT2D eigenvalue weighted by Gasteiger charge is 2.56. The molecule has 0 bridgehead atoms. The number of methoxy groups -OCH3 is 1. The van der Waals surface area contributed by atoms with Crippen LogP contribution < -0.4 is 0 Å². The normalized spacial score (nSPS) is 30.2. The number of benzene rings is 1. The number of carbonyl (C=O) groups excluding carboxylic acids is 1. The molecule has 6 heteroatoms. The van der Waals surface area contributed by atoms with Crippen molar-refractivity contribution >= 4 is 5.97 Å². The van der Waals surface area contributed by atoms with Crippen molar-refractivity contribution in [2.45, 2.75) is 68.8 Å². The number of β-amino-alcohol motifs (C(OH)–C–C–N with tert-alkyl or cyclic N) is 1. The second-order valence-electron chi connectivity index (χ2n) is 9.98. The summed E-state index contributed by atoms with van der Waals surface area (Å²) in [7, 11) is 1.43. The van der Waals surface area contributed by atoms with E-state index >= 15 is 0 Å². The lowest BCUT2D eigenvalue weighted by Crippen LogP contribution is -2.79. The average molecular weight is 414 g/mol. The second kappa shape index (κ2) is 8.23. The molecule has 3 heterocycles. The van der Waals surface area contributed by atoms with Gasteiger partial charge in [-0.3, -0.25) is 14.7 Å². The second-order valence-corrected chi connectivity index (χ2v) is 9.98. The maximum absolute atomic E-state index is 11.9. The van der Waals surface area contributed by atoms with Gasteiger partial charge < -0.3 is 9.84 Å². The fourth-order valence-electron chi connectivity index (χ4n) is 6.50. The zero-order valence-electron chi connectivity index (χ0n) is 18.1. The molecule has 6 nitrogen and oxygen atoms in total. The van der Waals surface area contributed by atoms with Crippen LogP contribution in [0.4, 0.5) is 0 Å². The summed E-state index contributed by atoms with van der Waals surface area (Å²) in [6, 6.07) is 9.03. The van der Waals surface area contributed by atoms with Crippen molar-refractivity contribution in [1.82, 2.24) is 14.7 Å². The van der Waals surface area contributed by atoms with Crippen molar-refractivity contribution in [2.24, 2.45) is 0 Å². The summed E-state index contributed by atoms with van der Waals surface area (Å²) in [6.07, 6.45) is 7.54. The van der Waals surface area contributed by atoms with E-state index in [1.165, 1.54) is 39.2 Å². The van der Waals surface area contributed by atoms with Crippen LogP contribution in [-0.4, -0.2) is 89.3 Å². The standard InChI is InChI=1S/C24H35N3O3/c1-30-23(29)19-7-5-6-18(10-19)12-25-13-21-11-22(28)14-27(21)24(15-25)16-26(17-24)20-8-3-2-4-9-20/h5-7,10,20-22,28H,2-4,8-9,11-17H2,1H3. The van der Waals surface area contributed by atoms with Gasteiger partial charge in [-0.15, -0.1) is 0 Å². The maximum atomic E-state index is 11.9. The smallest absolute Gasteiger partial charge is 0.337 e. The molecule has 5 rings (SSSR count). The van der Waals surface area contributed by atoms with Gasteiger partial charge in [-0.1, -0.05) is 31.4 Å². The Kier molecular flexibility index (Phi) is 5.60. The maximum Gasteiger partial charge on any atom is 0.337 e. The minimum atomic E-state index is -0.279. The van der Waals surface area contributed by atoms with E-state index in [1.54, 1.807) is 0 Å². The molecule has 164 valence electrons. The minimum Gasteiger partial charge on any atom is -0.465 e. The zero-order chi connectivity index (χ0) is 20.7. The van der Waals surface area contributed by atoms with Crippen LogP contribution in [-0.2, 0) is 11.3 Å². The summed E-state index contributed by atoms with van der Waals surface area (Å²) in [4.78, 5) is 19.8. The lowest BCUT2D eigenvalue weighted by atomic mass is 9.80. The highest BCUT2D eigenvalue weighted by Crippen LogP contribution is 2.41. The Morgan fingerprint density at radius 2 is 1.93 bits per heavy atom. The first-order chi connectivity index (χ1) is 14.6. The SMILES string of the molecule is COC(=O)c1cccc(CN2CC3CC(O)CN3C3(C2)CN(C2CCCCC2)C3)c1. The first kappa shape index (κ1) is 20.4. The van der Waals surface area contributed by atoms with Gasteiger partial charge in [-0.25, -0.2) is 4.79 Å². The van der Waals surface area contributed by atoms with E-state index in [1.807, 2.05) is 18.2 Å². The minimum absolute atomic E-state index is 0.178. The van der Waals surface area contributed by atoms with Gasteiger partial charge in [0.2, 0.25) is 0 Å². The van der Waals surface area contributed by atoms with Crippen LogP contribution in [0.1, 0.15) is 54.4 Å². The van der Waals surface area contributed by atoms with Crippen LogP contribution in [0.3, 0.4) is 0 Å². The van der Waals surface area contributed by atoms with Crippen LogP contribution in [0.15, 0.2) is 24.3 Å². The van der Waals surface area contributed by atoms with Crippen LogP contribution in [0.2, 0.25) is 0 Å². The highest BCUT2D eigenvalue weighted by atomic mass is 16.5. The van der Waals surface area contributed by atoms with Crippen LogP contribution in [0.25, 0.3) is 0 Å². The van der Waals surface area contributed by atoms with E-state index in [9.17, 15) is 9.90 Å². The van der Waals surface area contributed by atoms with E-state index in [4.69, 9.17) is 4.74 Å². The molecule has 0 amide bonds. The molecule has 4 aliphatic rings. The molecule has 2 atom stereocenters. The number of hydrogen-bond acceptors (Lipinski definition) is 6. The van der Waals surface area contributed by atoms with Crippen molar-refractivity contribution < 1.29 is 14.6 Å². The lowest BCUT2D eigenvalue weighted by Gasteiger charge is -2.63. The Morgan fingerprint density at radius 1 is 1.13 bits per heavy atom. The lowest BCUT2D eigenvalue weighted by molar-refractivity contribution is -0.131. The number of fused-ring (bicyclic) bond motifs is 2. The Balaban J connectivity index is 1.30. The highest BCUT2D eigenvalue weighted by molar-refractivity contribution is 5.89. The number of ether oxygens (including phenoxy) is 1. The van der Waals surface area contributed by atoms with Crippen molar-refractivity contribution in [3.8, 4) is 0 Å². The number of piperazine rings is 1. The Labute approximate surface area is 179 Å². The number of likely N-dealkylation sites (tertiary alicyclic amines) is 1. The van der Waals surface area contributed by atoms with E-state index in [-0.39, 0.29) is 17.6 Å². The largest absolute Gasteiger partial charge is 0.465 e. The first-order valence-electron chi connectivity index (χ1n) is 11.6. The number of aliphatic hydroxyl groups is 1. The third-order valence-corrected chi connectivity index (χ3v) is 7.83.